The van der Waals surface area contributed by atoms with E-state index in [1.807, 2.05) is 13.0 Å². The maximum absolute atomic E-state index is 12.9. The number of hydrogen-bond acceptors (Lipinski definition) is 4. The Kier molecular flexibility index (Phi) is 5.71. The Bertz CT molecular complexity index is 626. The lowest BCUT2D eigenvalue weighted by Crippen LogP contribution is -2.47. The number of rotatable bonds is 8. The van der Waals surface area contributed by atoms with Crippen molar-refractivity contribution < 1.29 is 19.1 Å². The fourth-order valence-corrected chi connectivity index (χ4v) is 3.56. The molecule has 2 aliphatic rings. The molecule has 2 amide bonds. The van der Waals surface area contributed by atoms with E-state index in [0.717, 1.165) is 56.3 Å². The highest BCUT2D eigenvalue weighted by Crippen LogP contribution is 2.45. The Morgan fingerprint density at radius 3 is 2.76 bits per heavy atom. The molecule has 2 aliphatic heterocycles. The second kappa shape index (κ2) is 7.97. The van der Waals surface area contributed by atoms with Gasteiger partial charge in [0.1, 0.15) is 0 Å². The average molecular weight is 346 g/mol. The zero-order valence-corrected chi connectivity index (χ0v) is 14.8. The second-order valence-electron chi connectivity index (χ2n) is 6.45. The number of benzene rings is 1. The molecule has 0 aromatic heterocycles. The predicted molar refractivity (Wildman–Crippen MR) is 94.3 cm³/mol. The van der Waals surface area contributed by atoms with Gasteiger partial charge in [-0.25, -0.2) is 0 Å². The molecule has 1 fully saturated rings. The minimum absolute atomic E-state index is 0.109. The van der Waals surface area contributed by atoms with Crippen LogP contribution >= 0.6 is 0 Å². The molecule has 1 aromatic rings. The monoisotopic (exact) mass is 346 g/mol. The van der Waals surface area contributed by atoms with Gasteiger partial charge >= 0.3 is 0 Å². The van der Waals surface area contributed by atoms with Gasteiger partial charge < -0.3 is 19.7 Å². The molecule has 1 spiro atoms. The number of carbonyl (C=O) groups is 2. The van der Waals surface area contributed by atoms with Crippen molar-refractivity contribution in [3.05, 3.63) is 29.3 Å². The van der Waals surface area contributed by atoms with E-state index in [1.165, 1.54) is 5.56 Å². The van der Waals surface area contributed by atoms with Crippen molar-refractivity contribution in [1.82, 2.24) is 5.32 Å². The molecule has 6 heteroatoms. The number of likely N-dealkylation sites (N-methyl/N-ethyl adjacent to an activating group) is 1. The van der Waals surface area contributed by atoms with Gasteiger partial charge in [0.05, 0.1) is 18.9 Å². The molecule has 0 bridgehead atoms. The largest absolute Gasteiger partial charge is 0.359 e. The molecule has 1 N–H and O–H groups in total. The standard InChI is InChI=1S/C19H26N2O4/c1-2-21-17-9-8-15(7-4-3-5-10-20-14-22)13-16(17)19(18(21)23)24-11-6-12-25-19/h8-9,13-14H,2-7,10-12H2,1H3,(H,20,22). The number of carbonyl (C=O) groups excluding carboxylic acids is 2. The molecule has 1 saturated heterocycles. The number of hydrogen-bond donors (Lipinski definition) is 1. The summed E-state index contributed by atoms with van der Waals surface area (Å²) in [6.07, 6.45) is 5.55. The number of anilines is 1. The molecule has 136 valence electrons. The van der Waals surface area contributed by atoms with E-state index in [1.54, 1.807) is 4.90 Å². The number of amides is 2. The highest BCUT2D eigenvalue weighted by atomic mass is 16.7. The molecule has 0 unspecified atom stereocenters. The lowest BCUT2D eigenvalue weighted by molar-refractivity contribution is -0.256. The van der Waals surface area contributed by atoms with E-state index >= 15 is 0 Å². The summed E-state index contributed by atoms with van der Waals surface area (Å²) in [5, 5.41) is 2.68. The van der Waals surface area contributed by atoms with Gasteiger partial charge in [0.15, 0.2) is 0 Å². The van der Waals surface area contributed by atoms with Crippen molar-refractivity contribution in [1.29, 1.82) is 0 Å². The third kappa shape index (κ3) is 3.41. The van der Waals surface area contributed by atoms with Crippen LogP contribution in [-0.2, 0) is 31.3 Å². The second-order valence-corrected chi connectivity index (χ2v) is 6.45. The van der Waals surface area contributed by atoms with Crippen molar-refractivity contribution in [3.63, 3.8) is 0 Å². The summed E-state index contributed by atoms with van der Waals surface area (Å²) in [7, 11) is 0. The van der Waals surface area contributed by atoms with Crippen LogP contribution in [0.1, 0.15) is 43.7 Å². The number of unbranched alkanes of at least 4 members (excludes halogenated alkanes) is 2. The van der Waals surface area contributed by atoms with Gasteiger partial charge in [-0.05, 0) is 50.3 Å². The maximum Gasteiger partial charge on any atom is 0.292 e. The maximum atomic E-state index is 12.9. The van der Waals surface area contributed by atoms with Crippen molar-refractivity contribution in [2.45, 2.75) is 44.8 Å². The van der Waals surface area contributed by atoms with Crippen molar-refractivity contribution in [2.24, 2.45) is 0 Å². The van der Waals surface area contributed by atoms with E-state index in [9.17, 15) is 9.59 Å². The van der Waals surface area contributed by atoms with Crippen LogP contribution < -0.4 is 10.2 Å². The number of fused-ring (bicyclic) bond motifs is 2. The highest BCUT2D eigenvalue weighted by molar-refractivity contribution is 6.06. The molecular formula is C19H26N2O4. The SMILES string of the molecule is CCN1C(=O)C2(OCCCO2)c2cc(CCCCCNC=O)ccc21. The van der Waals surface area contributed by atoms with Crippen LogP contribution in [0, 0.1) is 0 Å². The van der Waals surface area contributed by atoms with Gasteiger partial charge in [0, 0.05) is 18.7 Å². The number of nitrogens with zero attached hydrogens (tertiary/aromatic N) is 1. The van der Waals surface area contributed by atoms with Gasteiger partial charge in [-0.3, -0.25) is 9.59 Å². The Hall–Kier alpha value is -1.92. The summed E-state index contributed by atoms with van der Waals surface area (Å²) < 4.78 is 11.7. The lowest BCUT2D eigenvalue weighted by Gasteiger charge is -2.32. The van der Waals surface area contributed by atoms with Crippen LogP contribution in [0.3, 0.4) is 0 Å². The van der Waals surface area contributed by atoms with E-state index in [2.05, 4.69) is 17.4 Å². The first-order valence-corrected chi connectivity index (χ1v) is 9.13. The first-order valence-electron chi connectivity index (χ1n) is 9.13. The molecule has 0 saturated carbocycles. The molecular weight excluding hydrogens is 320 g/mol. The van der Waals surface area contributed by atoms with Gasteiger partial charge in [0.25, 0.3) is 11.7 Å². The molecule has 0 atom stereocenters. The molecule has 3 rings (SSSR count). The van der Waals surface area contributed by atoms with Gasteiger partial charge in [-0.1, -0.05) is 12.5 Å². The molecule has 1 aromatic carbocycles. The van der Waals surface area contributed by atoms with E-state index < -0.39 is 5.79 Å². The normalized spacial score (nSPS) is 18.4. The van der Waals surface area contributed by atoms with Crippen molar-refractivity contribution in [2.75, 3.05) is 31.2 Å². The van der Waals surface area contributed by atoms with Crippen LogP contribution in [0.4, 0.5) is 5.69 Å². The first-order chi connectivity index (χ1) is 12.2. The Morgan fingerprint density at radius 1 is 1.24 bits per heavy atom. The van der Waals surface area contributed by atoms with Crippen LogP contribution in [-0.4, -0.2) is 38.6 Å². The topological polar surface area (TPSA) is 67.9 Å². The molecule has 0 radical (unpaired) electrons. The average Bonchev–Trinajstić information content (AvgIpc) is 2.87. The summed E-state index contributed by atoms with van der Waals surface area (Å²) in [5.74, 6) is -1.35. The summed E-state index contributed by atoms with van der Waals surface area (Å²) >= 11 is 0. The quantitative estimate of drug-likeness (QED) is 0.578. The number of nitrogens with one attached hydrogen (secondary N) is 1. The summed E-state index contributed by atoms with van der Waals surface area (Å²) in [6.45, 7) is 4.36. The minimum Gasteiger partial charge on any atom is -0.359 e. The van der Waals surface area contributed by atoms with Crippen LogP contribution in [0.15, 0.2) is 18.2 Å². The van der Waals surface area contributed by atoms with Crippen LogP contribution in [0.5, 0.6) is 0 Å². The van der Waals surface area contributed by atoms with E-state index in [-0.39, 0.29) is 5.91 Å². The number of ether oxygens (including phenoxy) is 2. The molecule has 6 nitrogen and oxygen atoms in total. The zero-order chi connectivity index (χ0) is 17.7. The van der Waals surface area contributed by atoms with E-state index in [0.29, 0.717) is 19.8 Å². The smallest absolute Gasteiger partial charge is 0.292 e. The molecule has 0 aliphatic carbocycles. The zero-order valence-electron chi connectivity index (χ0n) is 14.8. The third-order valence-electron chi connectivity index (χ3n) is 4.82. The highest BCUT2D eigenvalue weighted by Gasteiger charge is 2.54. The fourth-order valence-electron chi connectivity index (χ4n) is 3.56. The van der Waals surface area contributed by atoms with Gasteiger partial charge in [0.2, 0.25) is 6.41 Å². The van der Waals surface area contributed by atoms with Crippen molar-refractivity contribution >= 4 is 18.0 Å². The first kappa shape index (κ1) is 17.9. The minimum atomic E-state index is -1.24. The summed E-state index contributed by atoms with van der Waals surface area (Å²) in [5.41, 5.74) is 2.93. The van der Waals surface area contributed by atoms with Gasteiger partial charge in [-0.2, -0.15) is 0 Å². The third-order valence-corrected chi connectivity index (χ3v) is 4.82. The predicted octanol–water partition coefficient (Wildman–Crippen LogP) is 2.10. The van der Waals surface area contributed by atoms with Crippen molar-refractivity contribution in [3.8, 4) is 0 Å². The Morgan fingerprint density at radius 2 is 2.04 bits per heavy atom. The molecule has 25 heavy (non-hydrogen) atoms. The number of aryl methyl sites for hydroxylation is 1. The Labute approximate surface area is 148 Å². The summed E-state index contributed by atoms with van der Waals surface area (Å²) in [4.78, 5) is 24.9. The van der Waals surface area contributed by atoms with Crippen LogP contribution in [0.2, 0.25) is 0 Å². The summed E-state index contributed by atoms with van der Waals surface area (Å²) in [6, 6.07) is 6.16. The van der Waals surface area contributed by atoms with Crippen LogP contribution in [0.25, 0.3) is 0 Å². The molecule has 2 heterocycles. The fraction of sp³-hybridized carbons (Fsp3) is 0.579. The Balaban J connectivity index is 1.73. The lowest BCUT2D eigenvalue weighted by atomic mass is 9.99. The van der Waals surface area contributed by atoms with E-state index in [4.69, 9.17) is 9.47 Å². The van der Waals surface area contributed by atoms with Gasteiger partial charge in [-0.15, -0.1) is 0 Å².